The number of amides is 3. The average molecular weight is 502 g/mol. The van der Waals surface area contributed by atoms with Crippen molar-refractivity contribution in [1.29, 1.82) is 0 Å². The topological polar surface area (TPSA) is 214 Å². The molecule has 35 heavy (non-hydrogen) atoms. The van der Waals surface area contributed by atoms with E-state index in [-0.39, 0.29) is 31.1 Å². The molecule has 0 spiro atoms. The second-order valence-electron chi connectivity index (χ2n) is 9.60. The van der Waals surface area contributed by atoms with Crippen molar-refractivity contribution in [1.82, 2.24) is 16.0 Å². The van der Waals surface area contributed by atoms with E-state index in [2.05, 4.69) is 16.0 Å². The van der Waals surface area contributed by atoms with Gasteiger partial charge in [-0.1, -0.05) is 27.7 Å². The van der Waals surface area contributed by atoms with Crippen LogP contribution in [0.15, 0.2) is 0 Å². The summed E-state index contributed by atoms with van der Waals surface area (Å²) in [4.78, 5) is 61.0. The van der Waals surface area contributed by atoms with Gasteiger partial charge in [-0.3, -0.25) is 19.2 Å². The number of carbonyl (C=O) groups is 5. The van der Waals surface area contributed by atoms with Crippen LogP contribution in [0.5, 0.6) is 0 Å². The fraction of sp³-hybridized carbons (Fsp3) is 0.783. The summed E-state index contributed by atoms with van der Waals surface area (Å²) in [5, 5.41) is 26.0. The fourth-order valence-electron chi connectivity index (χ4n) is 3.43. The Morgan fingerprint density at radius 3 is 1.71 bits per heavy atom. The Morgan fingerprint density at radius 1 is 0.714 bits per heavy atom. The predicted octanol–water partition coefficient (Wildman–Crippen LogP) is -0.0613. The monoisotopic (exact) mass is 501 g/mol. The highest BCUT2D eigenvalue weighted by atomic mass is 16.4. The van der Waals surface area contributed by atoms with Crippen molar-refractivity contribution in [2.45, 2.75) is 96.8 Å². The van der Waals surface area contributed by atoms with Crippen molar-refractivity contribution < 1.29 is 34.2 Å². The molecule has 0 saturated carbocycles. The van der Waals surface area contributed by atoms with Crippen LogP contribution in [-0.4, -0.2) is 70.6 Å². The highest BCUT2D eigenvalue weighted by Gasteiger charge is 2.31. The van der Waals surface area contributed by atoms with Gasteiger partial charge in [0.25, 0.3) is 0 Å². The van der Waals surface area contributed by atoms with E-state index in [0.29, 0.717) is 25.8 Å². The summed E-state index contributed by atoms with van der Waals surface area (Å²) >= 11 is 0. The molecule has 0 bridgehead atoms. The first-order valence-corrected chi connectivity index (χ1v) is 12.1. The summed E-state index contributed by atoms with van der Waals surface area (Å²) in [6.07, 6.45) is 1.19. The molecular formula is C23H43N5O7. The number of hydrogen-bond acceptors (Lipinski definition) is 7. The molecule has 0 rings (SSSR count). The quantitative estimate of drug-likeness (QED) is 0.125. The number of carboxylic acid groups (broad SMARTS) is 2. The Morgan fingerprint density at radius 2 is 1.23 bits per heavy atom. The Labute approximate surface area is 206 Å². The van der Waals surface area contributed by atoms with Crippen LogP contribution in [0.25, 0.3) is 0 Å². The van der Waals surface area contributed by atoms with Crippen LogP contribution < -0.4 is 27.4 Å². The first-order valence-electron chi connectivity index (χ1n) is 12.1. The molecule has 4 atom stereocenters. The molecule has 0 aliphatic rings. The Bertz CT molecular complexity index is 714. The Kier molecular flexibility index (Phi) is 15.5. The number of hydrogen-bond donors (Lipinski definition) is 7. The summed E-state index contributed by atoms with van der Waals surface area (Å²) in [6.45, 7) is 7.91. The fourth-order valence-corrected chi connectivity index (χ4v) is 3.43. The maximum atomic E-state index is 13.0. The molecule has 0 aliphatic heterocycles. The predicted molar refractivity (Wildman–Crippen MR) is 130 cm³/mol. The van der Waals surface area contributed by atoms with Crippen LogP contribution in [0.1, 0.15) is 72.6 Å². The van der Waals surface area contributed by atoms with E-state index >= 15 is 0 Å². The van der Waals surface area contributed by atoms with Crippen molar-refractivity contribution >= 4 is 29.7 Å². The zero-order valence-corrected chi connectivity index (χ0v) is 21.2. The molecule has 9 N–H and O–H groups in total. The van der Waals surface area contributed by atoms with Crippen LogP contribution in [0.3, 0.4) is 0 Å². The van der Waals surface area contributed by atoms with Gasteiger partial charge in [0.2, 0.25) is 17.7 Å². The molecule has 0 heterocycles. The van der Waals surface area contributed by atoms with Crippen molar-refractivity contribution in [3.63, 3.8) is 0 Å². The number of carboxylic acids is 2. The molecule has 202 valence electrons. The first kappa shape index (κ1) is 32.3. The van der Waals surface area contributed by atoms with Gasteiger partial charge in [-0.15, -0.1) is 0 Å². The van der Waals surface area contributed by atoms with Crippen LogP contribution in [0.4, 0.5) is 0 Å². The number of rotatable bonds is 18. The third-order valence-electron chi connectivity index (χ3n) is 5.24. The maximum absolute atomic E-state index is 13.0. The summed E-state index contributed by atoms with van der Waals surface area (Å²) in [6, 6.07) is -4.32. The van der Waals surface area contributed by atoms with Gasteiger partial charge in [0.1, 0.15) is 18.1 Å². The standard InChI is InChI=1S/C23H43N5O7/c1-13(2)11-15(25)20(31)28-18(12-14(3)4)22(33)26-16(8-9-19(29)30)21(32)27-17(23(34)35)7-5-6-10-24/h13-18H,5-12,24-25H2,1-4H3,(H,26,33)(H,27,32)(H,28,31)(H,29,30)(H,34,35)/t15-,16-,17-,18-/m0/s1. The van der Waals surface area contributed by atoms with E-state index < -0.39 is 60.2 Å². The smallest absolute Gasteiger partial charge is 0.326 e. The van der Waals surface area contributed by atoms with E-state index in [4.69, 9.17) is 16.6 Å². The second kappa shape index (κ2) is 16.8. The molecule has 3 amide bonds. The zero-order valence-electron chi connectivity index (χ0n) is 21.2. The second-order valence-corrected chi connectivity index (χ2v) is 9.60. The number of carbonyl (C=O) groups excluding carboxylic acids is 3. The van der Waals surface area contributed by atoms with E-state index in [9.17, 15) is 29.1 Å². The first-order chi connectivity index (χ1) is 16.3. The summed E-state index contributed by atoms with van der Waals surface area (Å²) in [5.41, 5.74) is 11.4. The van der Waals surface area contributed by atoms with Gasteiger partial charge < -0.3 is 37.6 Å². The summed E-state index contributed by atoms with van der Waals surface area (Å²) in [5.74, 6) is -4.24. The van der Waals surface area contributed by atoms with Gasteiger partial charge in [0.05, 0.1) is 6.04 Å². The summed E-state index contributed by atoms with van der Waals surface area (Å²) < 4.78 is 0. The van der Waals surface area contributed by atoms with Crippen LogP contribution in [-0.2, 0) is 24.0 Å². The number of nitrogens with one attached hydrogen (secondary N) is 3. The highest BCUT2D eigenvalue weighted by Crippen LogP contribution is 2.10. The van der Waals surface area contributed by atoms with Gasteiger partial charge in [-0.25, -0.2) is 4.79 Å². The lowest BCUT2D eigenvalue weighted by Crippen LogP contribution is -2.57. The average Bonchev–Trinajstić information content (AvgIpc) is 2.74. The highest BCUT2D eigenvalue weighted by molar-refractivity contribution is 5.94. The molecule has 0 aromatic heterocycles. The molecule has 0 aliphatic carbocycles. The molecule has 0 unspecified atom stereocenters. The molecule has 0 fully saturated rings. The van der Waals surface area contributed by atoms with Crippen LogP contribution in [0.2, 0.25) is 0 Å². The molecule has 0 aromatic carbocycles. The normalized spacial score (nSPS) is 14.6. The van der Waals surface area contributed by atoms with Gasteiger partial charge in [0, 0.05) is 6.42 Å². The third kappa shape index (κ3) is 14.3. The van der Waals surface area contributed by atoms with Crippen molar-refractivity contribution in [3.8, 4) is 0 Å². The molecule has 0 saturated heterocycles. The minimum Gasteiger partial charge on any atom is -0.481 e. The molecule has 12 nitrogen and oxygen atoms in total. The summed E-state index contributed by atoms with van der Waals surface area (Å²) in [7, 11) is 0. The van der Waals surface area contributed by atoms with Gasteiger partial charge >= 0.3 is 11.9 Å². The van der Waals surface area contributed by atoms with Crippen LogP contribution >= 0.6 is 0 Å². The number of aliphatic carboxylic acids is 2. The molecule has 12 heteroatoms. The minimum atomic E-state index is -1.30. The number of nitrogens with two attached hydrogens (primary N) is 2. The van der Waals surface area contributed by atoms with Gasteiger partial charge in [-0.05, 0) is 56.9 Å². The Balaban J connectivity index is 5.53. The minimum absolute atomic E-state index is 0.0117. The van der Waals surface area contributed by atoms with E-state index in [1.165, 1.54) is 0 Å². The lowest BCUT2D eigenvalue weighted by Gasteiger charge is -2.26. The van der Waals surface area contributed by atoms with Crippen molar-refractivity contribution in [3.05, 3.63) is 0 Å². The van der Waals surface area contributed by atoms with E-state index in [1.54, 1.807) is 0 Å². The molecule has 0 radical (unpaired) electrons. The third-order valence-corrected chi connectivity index (χ3v) is 5.24. The number of unbranched alkanes of at least 4 members (excludes halogenated alkanes) is 1. The van der Waals surface area contributed by atoms with Gasteiger partial charge in [-0.2, -0.15) is 0 Å². The lowest BCUT2D eigenvalue weighted by atomic mass is 10.00. The Hall–Kier alpha value is -2.73. The molecule has 0 aromatic rings. The van der Waals surface area contributed by atoms with Gasteiger partial charge in [0.15, 0.2) is 0 Å². The van der Waals surface area contributed by atoms with Crippen LogP contribution in [0, 0.1) is 11.8 Å². The molecular weight excluding hydrogens is 458 g/mol. The van der Waals surface area contributed by atoms with Crippen molar-refractivity contribution in [2.24, 2.45) is 23.3 Å². The SMILES string of the molecule is CC(C)C[C@H](NC(=O)[C@@H](N)CC(C)C)C(=O)N[C@@H](CCC(=O)O)C(=O)N[C@@H](CCCCN)C(=O)O. The maximum Gasteiger partial charge on any atom is 0.326 e. The zero-order chi connectivity index (χ0) is 27.1. The van der Waals surface area contributed by atoms with E-state index in [1.807, 2.05) is 27.7 Å². The van der Waals surface area contributed by atoms with Crippen molar-refractivity contribution in [2.75, 3.05) is 6.54 Å². The van der Waals surface area contributed by atoms with E-state index in [0.717, 1.165) is 0 Å². The largest absolute Gasteiger partial charge is 0.481 e. The lowest BCUT2D eigenvalue weighted by molar-refractivity contribution is -0.143.